The molecule has 2 aliphatic heterocycles. The molecule has 0 spiro atoms. The van der Waals surface area contributed by atoms with Crippen molar-refractivity contribution in [3.05, 3.63) is 181 Å². The first-order chi connectivity index (χ1) is 35.2. The van der Waals surface area contributed by atoms with E-state index in [0.29, 0.717) is 0 Å². The quantitative estimate of drug-likeness (QED) is 0.166. The van der Waals surface area contributed by atoms with E-state index in [-0.39, 0.29) is 28.4 Å². The third-order valence-electron chi connectivity index (χ3n) is 16.8. The molecule has 0 bridgehead atoms. The van der Waals surface area contributed by atoms with Crippen LogP contribution in [0.1, 0.15) is 105 Å². The molecular formula is C68H62BN5. The van der Waals surface area contributed by atoms with E-state index in [1.54, 1.807) is 0 Å². The molecule has 0 atom stereocenters. The average Bonchev–Trinajstić information content (AvgIpc) is 4.03. The van der Waals surface area contributed by atoms with E-state index in [2.05, 4.69) is 240 Å². The lowest BCUT2D eigenvalue weighted by Gasteiger charge is -2.35. The summed E-state index contributed by atoms with van der Waals surface area (Å²) in [6, 6.07) is 52.6. The maximum absolute atomic E-state index is 4.48. The van der Waals surface area contributed by atoms with Gasteiger partial charge in [-0.15, -0.1) is 0 Å². The van der Waals surface area contributed by atoms with Crippen molar-refractivity contribution in [2.75, 3.05) is 0 Å². The van der Waals surface area contributed by atoms with Gasteiger partial charge in [0.1, 0.15) is 0 Å². The Balaban J connectivity index is 1.21. The molecule has 0 fully saturated rings. The maximum atomic E-state index is 4.48. The van der Waals surface area contributed by atoms with E-state index in [9.17, 15) is 0 Å². The minimum atomic E-state index is -0.0847. The van der Waals surface area contributed by atoms with Gasteiger partial charge in [-0.1, -0.05) is 132 Å². The number of benzene rings is 7. The Morgan fingerprint density at radius 2 is 0.703 bits per heavy atom. The molecule has 74 heavy (non-hydrogen) atoms. The lowest BCUT2D eigenvalue weighted by Crippen LogP contribution is -2.59. The molecule has 0 saturated carbocycles. The van der Waals surface area contributed by atoms with Crippen LogP contribution < -0.4 is 16.4 Å². The zero-order chi connectivity index (χ0) is 51.1. The highest BCUT2D eigenvalue weighted by molar-refractivity contribution is 7.00. The number of pyridine rings is 2. The summed E-state index contributed by atoms with van der Waals surface area (Å²) in [5.41, 5.74) is 24.9. The fraction of sp³-hybridized carbons (Fsp3) is 0.235. The summed E-state index contributed by atoms with van der Waals surface area (Å²) in [5.74, 6) is 0. The van der Waals surface area contributed by atoms with Gasteiger partial charge in [-0.2, -0.15) is 0 Å². The van der Waals surface area contributed by atoms with E-state index in [0.717, 1.165) is 5.69 Å². The first kappa shape index (κ1) is 45.0. The van der Waals surface area contributed by atoms with Crippen molar-refractivity contribution in [2.45, 2.75) is 105 Å². The number of aromatic nitrogens is 5. The molecule has 362 valence electrons. The van der Waals surface area contributed by atoms with Crippen molar-refractivity contribution in [3.63, 3.8) is 0 Å². The van der Waals surface area contributed by atoms with Crippen LogP contribution in [0.4, 0.5) is 0 Å². The summed E-state index contributed by atoms with van der Waals surface area (Å²) < 4.78 is 7.90. The largest absolute Gasteiger partial charge is 0.310 e. The highest BCUT2D eigenvalue weighted by Gasteiger charge is 2.42. The van der Waals surface area contributed by atoms with Crippen molar-refractivity contribution in [3.8, 4) is 39.3 Å². The second kappa shape index (κ2) is 15.0. The number of fused-ring (bicyclic) bond motifs is 13. The molecule has 0 unspecified atom stereocenters. The number of rotatable bonds is 3. The molecule has 2 aliphatic rings. The summed E-state index contributed by atoms with van der Waals surface area (Å²) in [5, 5.41) is 7.65. The summed E-state index contributed by atoms with van der Waals surface area (Å²) in [7, 11) is 0. The van der Waals surface area contributed by atoms with E-state index in [1.165, 1.54) is 138 Å². The lowest BCUT2D eigenvalue weighted by atomic mass is 9.34. The minimum Gasteiger partial charge on any atom is -0.310 e. The van der Waals surface area contributed by atoms with Gasteiger partial charge in [0.25, 0.3) is 6.71 Å². The molecule has 6 heteroatoms. The van der Waals surface area contributed by atoms with Crippen LogP contribution in [0.15, 0.2) is 158 Å². The van der Waals surface area contributed by atoms with Crippen LogP contribution in [-0.2, 0) is 21.7 Å². The SMILES string of the molecule is CC(C)(C)c1ccc2c(c1)c1cc(-c3ccncc3)cc3c1n2-c1cc(-n2c4cc(C(C)(C)C)ccc4c4ccc(C(C)(C)C)cc42)cc2c1B3c1cc(-c3ccncc3)cc3c4cc(C(C)(C)C)ccc4n-2c13. The molecule has 5 aromatic heterocycles. The summed E-state index contributed by atoms with van der Waals surface area (Å²) in [4.78, 5) is 8.96. The fourth-order valence-electron chi connectivity index (χ4n) is 12.8. The third-order valence-corrected chi connectivity index (χ3v) is 16.8. The third kappa shape index (κ3) is 6.42. The molecule has 12 aromatic rings. The van der Waals surface area contributed by atoms with Crippen LogP contribution in [0.25, 0.3) is 105 Å². The molecule has 7 aromatic carbocycles. The molecule has 14 rings (SSSR count). The van der Waals surface area contributed by atoms with E-state index in [4.69, 9.17) is 0 Å². The minimum absolute atomic E-state index is 0.0389. The van der Waals surface area contributed by atoms with Crippen LogP contribution in [0, 0.1) is 0 Å². The second-order valence-electron chi connectivity index (χ2n) is 25.7. The van der Waals surface area contributed by atoms with Gasteiger partial charge >= 0.3 is 0 Å². The highest BCUT2D eigenvalue weighted by atomic mass is 15.1. The molecule has 0 radical (unpaired) electrons. The molecule has 0 saturated heterocycles. The van der Waals surface area contributed by atoms with Gasteiger partial charge in [0.15, 0.2) is 0 Å². The molecule has 0 N–H and O–H groups in total. The standard InChI is InChI=1S/C68H62BN5/c1-65(2,3)43-15-19-56-50(33-43)52-29-41(39-21-25-70-26-22-39)31-54-63(52)73(56)60-37-47(72-58-35-45(67(7,8)9)13-17-48(58)49-18-14-46(36-59(49)72)68(10,11)12)38-61-62(60)69(54)55-32-42(40-23-27-71-28-24-40)30-53-51-34-44(66(4,5)6)16-20-57(51)74(61)64(53)55/h13-38H,1-12H3. The summed E-state index contributed by atoms with van der Waals surface area (Å²) in [6.45, 7) is 27.9. The Morgan fingerprint density at radius 3 is 1.09 bits per heavy atom. The Morgan fingerprint density at radius 1 is 0.324 bits per heavy atom. The molecule has 0 amide bonds. The Labute approximate surface area is 434 Å². The zero-order valence-corrected chi connectivity index (χ0v) is 44.8. The van der Waals surface area contributed by atoms with Gasteiger partial charge in [0.05, 0.1) is 27.8 Å². The Kier molecular flexibility index (Phi) is 9.10. The van der Waals surface area contributed by atoms with Gasteiger partial charge in [-0.05, 0) is 167 Å². The fourth-order valence-corrected chi connectivity index (χ4v) is 12.8. The lowest BCUT2D eigenvalue weighted by molar-refractivity contribution is 0.590. The highest BCUT2D eigenvalue weighted by Crippen LogP contribution is 2.45. The first-order valence-electron chi connectivity index (χ1n) is 26.6. The normalized spacial score (nSPS) is 13.6. The smallest absolute Gasteiger partial charge is 0.252 e. The van der Waals surface area contributed by atoms with Gasteiger partial charge in [0, 0.05) is 79.5 Å². The van der Waals surface area contributed by atoms with E-state index >= 15 is 0 Å². The molecule has 5 nitrogen and oxygen atoms in total. The molecule has 0 aliphatic carbocycles. The van der Waals surface area contributed by atoms with Crippen LogP contribution in [0.5, 0.6) is 0 Å². The Hall–Kier alpha value is -7.70. The zero-order valence-electron chi connectivity index (χ0n) is 44.8. The second-order valence-corrected chi connectivity index (χ2v) is 25.7. The predicted molar refractivity (Wildman–Crippen MR) is 315 cm³/mol. The van der Waals surface area contributed by atoms with Gasteiger partial charge in [0.2, 0.25) is 0 Å². The topological polar surface area (TPSA) is 40.6 Å². The van der Waals surface area contributed by atoms with Crippen LogP contribution in [-0.4, -0.2) is 30.4 Å². The number of nitrogens with zero attached hydrogens (tertiary/aromatic N) is 5. The summed E-state index contributed by atoms with van der Waals surface area (Å²) >= 11 is 0. The van der Waals surface area contributed by atoms with Crippen molar-refractivity contribution >= 4 is 88.5 Å². The maximum Gasteiger partial charge on any atom is 0.252 e. The van der Waals surface area contributed by atoms with Crippen LogP contribution in [0.2, 0.25) is 0 Å². The van der Waals surface area contributed by atoms with Gasteiger partial charge in [-0.3, -0.25) is 9.97 Å². The molecular weight excluding hydrogens is 898 g/mol. The van der Waals surface area contributed by atoms with Crippen molar-refractivity contribution < 1.29 is 0 Å². The van der Waals surface area contributed by atoms with Crippen LogP contribution in [0.3, 0.4) is 0 Å². The molecule has 7 heterocycles. The van der Waals surface area contributed by atoms with E-state index < -0.39 is 0 Å². The number of hydrogen-bond acceptors (Lipinski definition) is 2. The van der Waals surface area contributed by atoms with Crippen molar-refractivity contribution in [1.82, 2.24) is 23.7 Å². The summed E-state index contributed by atoms with van der Waals surface area (Å²) in [6.07, 6.45) is 7.71. The van der Waals surface area contributed by atoms with Crippen molar-refractivity contribution in [1.29, 1.82) is 0 Å². The Bertz CT molecular complexity index is 4110. The van der Waals surface area contributed by atoms with Gasteiger partial charge < -0.3 is 13.7 Å². The number of hydrogen-bond donors (Lipinski definition) is 0. The average molecular weight is 960 g/mol. The van der Waals surface area contributed by atoms with Crippen molar-refractivity contribution in [2.24, 2.45) is 0 Å². The van der Waals surface area contributed by atoms with E-state index in [1.807, 2.05) is 24.8 Å². The predicted octanol–water partition coefficient (Wildman–Crippen LogP) is 15.4. The van der Waals surface area contributed by atoms with Gasteiger partial charge in [-0.25, -0.2) is 0 Å². The van der Waals surface area contributed by atoms with Crippen LogP contribution >= 0.6 is 0 Å². The first-order valence-corrected chi connectivity index (χ1v) is 26.6. The monoisotopic (exact) mass is 960 g/mol.